The second-order valence-corrected chi connectivity index (χ2v) is 10.8. The lowest BCUT2D eigenvalue weighted by atomic mass is 9.84. The fourth-order valence-corrected chi connectivity index (χ4v) is 4.79. The lowest BCUT2D eigenvalue weighted by molar-refractivity contribution is 0.220. The maximum atomic E-state index is 11.6. The molecule has 1 atom stereocenters. The summed E-state index contributed by atoms with van der Waals surface area (Å²) in [5.41, 5.74) is 7.38. The molecule has 0 amide bonds. The monoisotopic (exact) mass is 548 g/mol. The van der Waals surface area contributed by atoms with E-state index in [2.05, 4.69) is 95.1 Å². The third-order valence-electron chi connectivity index (χ3n) is 5.78. The smallest absolute Gasteiger partial charge is 0.106 e. The van der Waals surface area contributed by atoms with Gasteiger partial charge < -0.3 is 5.11 Å². The Kier molecular flexibility index (Phi) is 6.71. The van der Waals surface area contributed by atoms with Crippen molar-refractivity contribution in [2.75, 3.05) is 0 Å². The Bertz CT molecular complexity index is 1210. The van der Waals surface area contributed by atoms with E-state index >= 15 is 0 Å². The Morgan fingerprint density at radius 3 is 1.91 bits per heavy atom. The van der Waals surface area contributed by atoms with Gasteiger partial charge in [0.1, 0.15) is 6.10 Å². The lowest BCUT2D eigenvalue weighted by Crippen LogP contribution is -2.11. The first-order valence-corrected chi connectivity index (χ1v) is 12.3. The van der Waals surface area contributed by atoms with Crippen molar-refractivity contribution in [2.45, 2.75) is 32.3 Å². The second-order valence-electron chi connectivity index (χ2n) is 9.03. The molecule has 3 heteroatoms. The fraction of sp³-hybridized carbons (Fsp3) is 0.172. The van der Waals surface area contributed by atoms with E-state index in [4.69, 9.17) is 0 Å². The molecule has 1 N–H and O–H groups in total. The topological polar surface area (TPSA) is 20.2 Å². The van der Waals surface area contributed by atoms with E-state index in [9.17, 15) is 5.11 Å². The molecule has 0 aliphatic carbocycles. The van der Waals surface area contributed by atoms with Crippen molar-refractivity contribution < 1.29 is 5.11 Å². The number of halogens is 2. The molecule has 1 nitrogen and oxygen atoms in total. The SMILES string of the molecule is CC(C)(C)c1ccc(C(O)c2c(Br)ccc(-c3ccc(Br)cc3)c2-c2ccccc2)cc1. The average molecular weight is 550 g/mol. The zero-order valence-corrected chi connectivity index (χ0v) is 21.6. The number of hydrogen-bond acceptors (Lipinski definition) is 1. The van der Waals surface area contributed by atoms with Gasteiger partial charge in [0.15, 0.2) is 0 Å². The maximum Gasteiger partial charge on any atom is 0.106 e. The van der Waals surface area contributed by atoms with Crippen LogP contribution in [-0.2, 0) is 5.41 Å². The van der Waals surface area contributed by atoms with Crippen molar-refractivity contribution in [1.82, 2.24) is 0 Å². The van der Waals surface area contributed by atoms with Crippen LogP contribution >= 0.6 is 31.9 Å². The molecule has 162 valence electrons. The quantitative estimate of drug-likeness (QED) is 0.269. The molecule has 0 aromatic heterocycles. The van der Waals surface area contributed by atoms with Crippen LogP contribution in [0.15, 0.2) is 99.9 Å². The molecule has 0 bridgehead atoms. The molecule has 1 unspecified atom stereocenters. The van der Waals surface area contributed by atoms with Gasteiger partial charge in [-0.25, -0.2) is 0 Å². The first kappa shape index (κ1) is 23.0. The summed E-state index contributed by atoms with van der Waals surface area (Å²) in [4.78, 5) is 0. The number of aliphatic hydroxyl groups excluding tert-OH is 1. The Labute approximate surface area is 207 Å². The van der Waals surface area contributed by atoms with Gasteiger partial charge in [-0.15, -0.1) is 0 Å². The van der Waals surface area contributed by atoms with E-state index in [1.54, 1.807) is 0 Å². The molecule has 4 aromatic rings. The predicted molar refractivity (Wildman–Crippen MR) is 142 cm³/mol. The van der Waals surface area contributed by atoms with E-state index in [0.29, 0.717) is 0 Å². The van der Waals surface area contributed by atoms with Crippen molar-refractivity contribution in [3.8, 4) is 22.3 Å². The third-order valence-corrected chi connectivity index (χ3v) is 7.00. The summed E-state index contributed by atoms with van der Waals surface area (Å²) >= 11 is 7.27. The van der Waals surface area contributed by atoms with E-state index in [1.807, 2.05) is 48.5 Å². The van der Waals surface area contributed by atoms with Crippen LogP contribution in [0.1, 0.15) is 43.6 Å². The highest BCUT2D eigenvalue weighted by molar-refractivity contribution is 9.10. The normalized spacial score (nSPS) is 12.6. The summed E-state index contributed by atoms with van der Waals surface area (Å²) in [6, 6.07) is 31.1. The highest BCUT2D eigenvalue weighted by Crippen LogP contribution is 2.43. The highest BCUT2D eigenvalue weighted by Gasteiger charge is 2.23. The highest BCUT2D eigenvalue weighted by atomic mass is 79.9. The minimum Gasteiger partial charge on any atom is -0.384 e. The Morgan fingerprint density at radius 1 is 0.688 bits per heavy atom. The summed E-state index contributed by atoms with van der Waals surface area (Å²) in [6.07, 6.45) is -0.760. The van der Waals surface area contributed by atoms with Crippen molar-refractivity contribution in [3.63, 3.8) is 0 Å². The Morgan fingerprint density at radius 2 is 1.31 bits per heavy atom. The Balaban J connectivity index is 1.91. The van der Waals surface area contributed by atoms with E-state index in [1.165, 1.54) is 5.56 Å². The van der Waals surface area contributed by atoms with Crippen molar-refractivity contribution in [3.05, 3.63) is 117 Å². The lowest BCUT2D eigenvalue weighted by Gasteiger charge is -2.23. The van der Waals surface area contributed by atoms with Gasteiger partial charge in [0.05, 0.1) is 0 Å². The van der Waals surface area contributed by atoms with Crippen molar-refractivity contribution in [1.29, 1.82) is 0 Å². The summed E-state index contributed by atoms with van der Waals surface area (Å²) < 4.78 is 1.93. The molecule has 32 heavy (non-hydrogen) atoms. The van der Waals surface area contributed by atoms with Crippen LogP contribution in [0.2, 0.25) is 0 Å². The molecule has 4 rings (SSSR count). The van der Waals surface area contributed by atoms with Crippen LogP contribution in [0.25, 0.3) is 22.3 Å². The zero-order valence-electron chi connectivity index (χ0n) is 18.4. The van der Waals surface area contributed by atoms with E-state index < -0.39 is 6.10 Å². The molecule has 0 radical (unpaired) electrons. The predicted octanol–water partition coefficient (Wildman–Crippen LogP) is 8.92. The average Bonchev–Trinajstić information content (AvgIpc) is 2.79. The van der Waals surface area contributed by atoms with Gasteiger partial charge in [-0.2, -0.15) is 0 Å². The minimum atomic E-state index is -0.760. The summed E-state index contributed by atoms with van der Waals surface area (Å²) in [6.45, 7) is 6.60. The molecule has 0 saturated carbocycles. The first-order valence-electron chi connectivity index (χ1n) is 10.7. The van der Waals surface area contributed by atoms with E-state index in [0.717, 1.165) is 42.3 Å². The van der Waals surface area contributed by atoms with Crippen LogP contribution in [-0.4, -0.2) is 5.11 Å². The number of aliphatic hydroxyl groups is 1. The molecule has 0 aliphatic heterocycles. The van der Waals surface area contributed by atoms with Crippen LogP contribution in [0, 0.1) is 0 Å². The summed E-state index contributed by atoms with van der Waals surface area (Å²) in [5, 5.41) is 11.6. The van der Waals surface area contributed by atoms with Gasteiger partial charge in [-0.05, 0) is 57.0 Å². The molecular weight excluding hydrogens is 524 g/mol. The van der Waals surface area contributed by atoms with Crippen LogP contribution < -0.4 is 0 Å². The van der Waals surface area contributed by atoms with Gasteiger partial charge in [0.25, 0.3) is 0 Å². The summed E-state index contributed by atoms with van der Waals surface area (Å²) in [7, 11) is 0. The number of hydrogen-bond donors (Lipinski definition) is 1. The van der Waals surface area contributed by atoms with Crippen molar-refractivity contribution >= 4 is 31.9 Å². The number of benzene rings is 4. The molecule has 4 aromatic carbocycles. The molecule has 0 heterocycles. The van der Waals surface area contributed by atoms with Crippen molar-refractivity contribution in [2.24, 2.45) is 0 Å². The van der Waals surface area contributed by atoms with Crippen LogP contribution in [0.3, 0.4) is 0 Å². The molecule has 0 spiro atoms. The van der Waals surface area contributed by atoms with Crippen LogP contribution in [0.4, 0.5) is 0 Å². The maximum absolute atomic E-state index is 11.6. The minimum absolute atomic E-state index is 0.0702. The van der Waals surface area contributed by atoms with Gasteiger partial charge >= 0.3 is 0 Å². The summed E-state index contributed by atoms with van der Waals surface area (Å²) in [5.74, 6) is 0. The Hall–Kier alpha value is -2.20. The van der Waals surface area contributed by atoms with Gasteiger partial charge in [-0.1, -0.05) is 125 Å². The fourth-order valence-electron chi connectivity index (χ4n) is 3.98. The van der Waals surface area contributed by atoms with Gasteiger partial charge in [0, 0.05) is 14.5 Å². The molecule has 0 fully saturated rings. The number of rotatable bonds is 4. The van der Waals surface area contributed by atoms with Crippen LogP contribution in [0.5, 0.6) is 0 Å². The first-order chi connectivity index (χ1) is 15.3. The molecule has 0 aliphatic rings. The zero-order chi connectivity index (χ0) is 22.9. The molecular formula is C29H26Br2O. The standard InChI is InChI=1S/C29H26Br2O/c1-29(2,3)22-13-9-21(10-14-22)28(32)27-25(31)18-17-24(19-11-15-23(30)16-12-19)26(27)20-7-5-4-6-8-20/h4-18,28,32H,1-3H3. The second kappa shape index (κ2) is 9.35. The third kappa shape index (κ3) is 4.76. The van der Waals surface area contributed by atoms with E-state index in [-0.39, 0.29) is 5.41 Å². The largest absolute Gasteiger partial charge is 0.384 e. The van der Waals surface area contributed by atoms with Gasteiger partial charge in [-0.3, -0.25) is 0 Å². The molecule has 0 saturated heterocycles. The van der Waals surface area contributed by atoms with Gasteiger partial charge in [0.2, 0.25) is 0 Å².